The number of fused-ring (bicyclic) bond motifs is 2. The lowest BCUT2D eigenvalue weighted by Crippen LogP contribution is -2.41. The molecule has 4 rings (SSSR count). The lowest BCUT2D eigenvalue weighted by Gasteiger charge is -2.09. The first kappa shape index (κ1) is 16.8. The summed E-state index contributed by atoms with van der Waals surface area (Å²) in [6.07, 6.45) is 0. The topological polar surface area (TPSA) is 84.2 Å². The molecule has 0 spiro atoms. The number of benzene rings is 2. The van der Waals surface area contributed by atoms with Gasteiger partial charge in [-0.05, 0) is 32.0 Å². The van der Waals surface area contributed by atoms with Gasteiger partial charge in [-0.2, -0.15) is 0 Å². The minimum atomic E-state index is -0.507. The van der Waals surface area contributed by atoms with Gasteiger partial charge in [-0.1, -0.05) is 36.4 Å². The molecule has 0 atom stereocenters. The number of aromatic nitrogens is 1. The molecule has 0 aliphatic carbocycles. The number of rotatable bonds is 2. The molecule has 2 N–H and O–H groups in total. The van der Waals surface area contributed by atoms with Crippen molar-refractivity contribution in [2.24, 2.45) is 0 Å². The van der Waals surface area contributed by atoms with Crippen molar-refractivity contribution in [3.05, 3.63) is 77.2 Å². The average molecular weight is 359 g/mol. The van der Waals surface area contributed by atoms with E-state index in [0.717, 1.165) is 27.5 Å². The van der Waals surface area contributed by atoms with Crippen LogP contribution in [0.5, 0.6) is 0 Å². The largest absolute Gasteiger partial charge is 0.451 e. The summed E-state index contributed by atoms with van der Waals surface area (Å²) in [4.78, 5) is 29.5. The van der Waals surface area contributed by atoms with Crippen molar-refractivity contribution in [3.8, 4) is 0 Å². The normalized spacial score (nSPS) is 10.9. The molecule has 27 heavy (non-hydrogen) atoms. The Labute approximate surface area is 155 Å². The Morgan fingerprint density at radius 1 is 0.889 bits per heavy atom. The van der Waals surface area contributed by atoms with Crippen LogP contribution >= 0.6 is 0 Å². The predicted molar refractivity (Wildman–Crippen MR) is 102 cm³/mol. The molecule has 2 heterocycles. The van der Waals surface area contributed by atoms with Crippen LogP contribution in [-0.2, 0) is 0 Å². The van der Waals surface area contributed by atoms with Crippen molar-refractivity contribution >= 4 is 33.7 Å². The van der Waals surface area contributed by atoms with Crippen LogP contribution in [-0.4, -0.2) is 16.8 Å². The second-order valence-corrected chi connectivity index (χ2v) is 6.29. The van der Waals surface area contributed by atoms with Crippen molar-refractivity contribution in [2.75, 3.05) is 0 Å². The van der Waals surface area contributed by atoms with Crippen LogP contribution in [0.3, 0.4) is 0 Å². The Morgan fingerprint density at radius 2 is 1.56 bits per heavy atom. The Morgan fingerprint density at radius 3 is 2.33 bits per heavy atom. The third-order valence-corrected chi connectivity index (χ3v) is 4.43. The van der Waals surface area contributed by atoms with Gasteiger partial charge in [0.05, 0.1) is 11.1 Å². The van der Waals surface area contributed by atoms with E-state index in [1.165, 1.54) is 0 Å². The van der Waals surface area contributed by atoms with Gasteiger partial charge in [0.15, 0.2) is 5.76 Å². The van der Waals surface area contributed by atoms with Gasteiger partial charge in [-0.15, -0.1) is 0 Å². The number of nitrogens with zero attached hydrogens (tertiary/aromatic N) is 1. The molecule has 0 radical (unpaired) electrons. The first-order chi connectivity index (χ1) is 13.0. The van der Waals surface area contributed by atoms with Gasteiger partial charge in [-0.25, -0.2) is 0 Å². The minimum absolute atomic E-state index is 0.173. The molecule has 0 saturated carbocycles. The van der Waals surface area contributed by atoms with E-state index in [9.17, 15) is 9.59 Å². The number of aryl methyl sites for hydroxylation is 2. The highest BCUT2D eigenvalue weighted by atomic mass is 16.3. The minimum Gasteiger partial charge on any atom is -0.451 e. The molecule has 0 fully saturated rings. The molecular weight excluding hydrogens is 342 g/mol. The number of pyridine rings is 1. The highest BCUT2D eigenvalue weighted by molar-refractivity contribution is 6.07. The third kappa shape index (κ3) is 3.01. The number of hydrogen-bond acceptors (Lipinski definition) is 4. The van der Waals surface area contributed by atoms with Crippen LogP contribution in [0.1, 0.15) is 32.2 Å². The van der Waals surface area contributed by atoms with Crippen LogP contribution < -0.4 is 10.9 Å². The van der Waals surface area contributed by atoms with E-state index in [1.54, 1.807) is 12.1 Å². The smallest absolute Gasteiger partial charge is 0.305 e. The Bertz CT molecular complexity index is 1190. The van der Waals surface area contributed by atoms with E-state index in [4.69, 9.17) is 4.42 Å². The fourth-order valence-electron chi connectivity index (χ4n) is 3.12. The zero-order valence-electron chi connectivity index (χ0n) is 14.9. The molecule has 2 aromatic carbocycles. The predicted octanol–water partition coefficient (Wildman–Crippen LogP) is 3.67. The number of amides is 2. The molecule has 0 aliphatic rings. The van der Waals surface area contributed by atoms with Crippen molar-refractivity contribution < 1.29 is 14.0 Å². The molecule has 0 saturated heterocycles. The number of carbonyl (C=O) groups excluding carboxylic acids is 2. The number of nitrogens with one attached hydrogen (secondary N) is 2. The van der Waals surface area contributed by atoms with Crippen LogP contribution in [0, 0.1) is 13.8 Å². The average Bonchev–Trinajstić information content (AvgIpc) is 3.02. The van der Waals surface area contributed by atoms with Crippen molar-refractivity contribution in [1.29, 1.82) is 0 Å². The molecule has 0 aliphatic heterocycles. The second kappa shape index (κ2) is 6.57. The van der Waals surface area contributed by atoms with E-state index >= 15 is 0 Å². The number of carbonyl (C=O) groups is 2. The van der Waals surface area contributed by atoms with E-state index in [-0.39, 0.29) is 5.76 Å². The first-order valence-electron chi connectivity index (χ1n) is 8.50. The van der Waals surface area contributed by atoms with Gasteiger partial charge in [0, 0.05) is 22.0 Å². The maximum Gasteiger partial charge on any atom is 0.305 e. The molecule has 0 unspecified atom stereocenters. The fourth-order valence-corrected chi connectivity index (χ4v) is 3.12. The summed E-state index contributed by atoms with van der Waals surface area (Å²) in [6, 6.07) is 16.5. The van der Waals surface area contributed by atoms with Gasteiger partial charge in [0.25, 0.3) is 5.91 Å². The maximum atomic E-state index is 12.6. The van der Waals surface area contributed by atoms with Crippen LogP contribution in [0.2, 0.25) is 0 Å². The quantitative estimate of drug-likeness (QED) is 0.535. The zero-order valence-corrected chi connectivity index (χ0v) is 14.9. The molecule has 2 aromatic heterocycles. The molecule has 6 heteroatoms. The molecule has 4 aromatic rings. The van der Waals surface area contributed by atoms with Crippen molar-refractivity contribution in [1.82, 2.24) is 15.8 Å². The highest BCUT2D eigenvalue weighted by Crippen LogP contribution is 2.24. The van der Waals surface area contributed by atoms with Crippen molar-refractivity contribution in [3.63, 3.8) is 0 Å². The van der Waals surface area contributed by atoms with Gasteiger partial charge in [-0.3, -0.25) is 25.4 Å². The summed E-state index contributed by atoms with van der Waals surface area (Å²) in [5.41, 5.74) is 8.13. The molecule has 134 valence electrons. The van der Waals surface area contributed by atoms with Gasteiger partial charge >= 0.3 is 5.91 Å². The standard InChI is InChI=1S/C21H17N3O3/c1-12-11-16(15-8-3-5-9-17(15)22-12)20(25)23-24-21(26)19-13(2)14-7-4-6-10-18(14)27-19/h3-11H,1-2H3,(H,23,25)(H,24,26). The summed E-state index contributed by atoms with van der Waals surface area (Å²) >= 11 is 0. The SMILES string of the molecule is Cc1cc(C(=O)NNC(=O)c2oc3ccccc3c2C)c2ccccc2n1. The fraction of sp³-hybridized carbons (Fsp3) is 0.0952. The summed E-state index contributed by atoms with van der Waals surface area (Å²) in [5.74, 6) is -0.752. The highest BCUT2D eigenvalue weighted by Gasteiger charge is 2.19. The maximum absolute atomic E-state index is 12.6. The van der Waals surface area contributed by atoms with Gasteiger partial charge < -0.3 is 4.42 Å². The number of hydrazine groups is 1. The summed E-state index contributed by atoms with van der Waals surface area (Å²) in [5, 5.41) is 1.58. The lowest BCUT2D eigenvalue weighted by atomic mass is 10.1. The molecule has 6 nitrogen and oxygen atoms in total. The molecule has 2 amide bonds. The number of para-hydroxylation sites is 2. The number of furan rings is 1. The number of hydrogen-bond donors (Lipinski definition) is 2. The van der Waals surface area contributed by atoms with Crippen LogP contribution in [0.4, 0.5) is 0 Å². The van der Waals surface area contributed by atoms with Gasteiger partial charge in [0.1, 0.15) is 5.58 Å². The van der Waals surface area contributed by atoms with E-state index in [2.05, 4.69) is 15.8 Å². The van der Waals surface area contributed by atoms with E-state index in [1.807, 2.05) is 56.3 Å². The summed E-state index contributed by atoms with van der Waals surface area (Å²) in [6.45, 7) is 3.63. The summed E-state index contributed by atoms with van der Waals surface area (Å²) < 4.78 is 5.61. The molecule has 0 bridgehead atoms. The van der Waals surface area contributed by atoms with Crippen LogP contribution in [0.15, 0.2) is 59.0 Å². The Hall–Kier alpha value is -3.67. The third-order valence-electron chi connectivity index (χ3n) is 4.43. The zero-order chi connectivity index (χ0) is 19.0. The first-order valence-corrected chi connectivity index (χ1v) is 8.50. The Kier molecular flexibility index (Phi) is 4.08. The second-order valence-electron chi connectivity index (χ2n) is 6.29. The van der Waals surface area contributed by atoms with Crippen LogP contribution in [0.25, 0.3) is 21.9 Å². The molecular formula is C21H17N3O3. The van der Waals surface area contributed by atoms with E-state index < -0.39 is 11.8 Å². The lowest BCUT2D eigenvalue weighted by molar-refractivity contribution is 0.0832. The monoisotopic (exact) mass is 359 g/mol. The van der Waals surface area contributed by atoms with Gasteiger partial charge in [0.2, 0.25) is 0 Å². The summed E-state index contributed by atoms with van der Waals surface area (Å²) in [7, 11) is 0. The Balaban J connectivity index is 1.57. The van der Waals surface area contributed by atoms with Crippen molar-refractivity contribution in [2.45, 2.75) is 13.8 Å². The van der Waals surface area contributed by atoms with E-state index in [0.29, 0.717) is 11.1 Å².